The molecule has 1 aliphatic rings. The van der Waals surface area contributed by atoms with Crippen molar-refractivity contribution in [2.45, 2.75) is 184 Å². The zero-order valence-electron chi connectivity index (χ0n) is 37.3. The van der Waals surface area contributed by atoms with E-state index >= 15 is 0 Å². The first-order chi connectivity index (χ1) is 30.2. The second kappa shape index (κ2) is 36.2. The number of hydrogen-bond acceptors (Lipinski definition) is 14. The van der Waals surface area contributed by atoms with Gasteiger partial charge in [-0.15, -0.1) is 0 Å². The van der Waals surface area contributed by atoms with Gasteiger partial charge in [-0.05, 0) is 64.2 Å². The third-order valence-corrected chi connectivity index (χ3v) is 10.9. The Hall–Kier alpha value is -3.05. The van der Waals surface area contributed by atoms with Gasteiger partial charge in [-0.3, -0.25) is 18.6 Å². The molecule has 3 unspecified atom stereocenters. The molecule has 0 radical (unpaired) electrons. The number of carbonyl (C=O) groups excluding carboxylic acids is 2. The topological polar surface area (TPSA) is 250 Å². The Morgan fingerprint density at radius 1 is 0.587 bits per heavy atom. The van der Waals surface area contributed by atoms with Gasteiger partial charge in [-0.2, -0.15) is 0 Å². The van der Waals surface area contributed by atoms with Crippen LogP contribution in [0.15, 0.2) is 85.1 Å². The lowest BCUT2D eigenvalue weighted by Gasteiger charge is -2.41. The van der Waals surface area contributed by atoms with Crippen molar-refractivity contribution in [3.05, 3.63) is 85.1 Å². The third-order valence-electron chi connectivity index (χ3n) is 9.93. The zero-order valence-corrected chi connectivity index (χ0v) is 38.2. The summed E-state index contributed by atoms with van der Waals surface area (Å²) in [4.78, 5) is 35.7. The minimum absolute atomic E-state index is 0.0929. The molecule has 1 saturated carbocycles. The quantitative estimate of drug-likeness (QED) is 0.0112. The van der Waals surface area contributed by atoms with E-state index in [1.54, 1.807) is 24.3 Å². The average molecular weight is 913 g/mol. The molecule has 0 saturated heterocycles. The summed E-state index contributed by atoms with van der Waals surface area (Å²) in [6.45, 7) is 2.86. The SMILES string of the molecule is CC/C=C\C/C=C\C/C=C\CCCCCCCC(=O)OC[C@H](COP(=O)(O)OC1[C@H](O)[C@H](O)C(O)[C@H](O)[C@H]1O)OC(=O)CCC[C@H](O)/C=C/C=C\C/C=C\C=C\[C@H](O)CCCCC. The summed E-state index contributed by atoms with van der Waals surface area (Å²) in [5.41, 5.74) is 0. The summed E-state index contributed by atoms with van der Waals surface area (Å²) in [5, 5.41) is 70.4. The van der Waals surface area contributed by atoms with E-state index in [1.807, 2.05) is 24.3 Å². The zero-order chi connectivity index (χ0) is 46.7. The molecule has 0 spiro atoms. The number of allylic oxidation sites excluding steroid dienone is 12. The standard InChI is InChI=1S/C47H77O15P/c1-3-5-7-8-9-10-11-12-13-14-15-16-20-23-27-33-40(50)59-35-39(36-60-63(57,58)62-47-45(55)43(53)42(52)44(54)46(47)56)61-41(51)34-28-32-38(49)31-26-22-19-17-18-21-25-30-37(48)29-24-6-4-2/h5,7,9-10,12-13,18-19,21-22,25-26,30-31,37-39,42-49,52-56H,3-4,6,8,11,14-17,20,23-24,27-29,32-36H2,1-2H3,(H,57,58)/b7-5-,10-9-,13-12-,21-18-,22-19-,30-25+,31-26+/t37-,38-,39-,42?,43-,44+,45-,46-,47?/m1/s1. The van der Waals surface area contributed by atoms with Crippen LogP contribution in [-0.2, 0) is 32.7 Å². The second-order valence-corrected chi connectivity index (χ2v) is 17.0. The molecule has 63 heavy (non-hydrogen) atoms. The average Bonchev–Trinajstić information content (AvgIpc) is 3.25. The maximum Gasteiger partial charge on any atom is 0.472 e. The molecule has 16 heteroatoms. The first-order valence-electron chi connectivity index (χ1n) is 22.6. The van der Waals surface area contributed by atoms with Crippen LogP contribution in [0.5, 0.6) is 0 Å². The highest BCUT2D eigenvalue weighted by molar-refractivity contribution is 7.47. The van der Waals surface area contributed by atoms with Crippen LogP contribution in [0, 0.1) is 0 Å². The Labute approximate surface area is 374 Å². The Morgan fingerprint density at radius 3 is 1.73 bits per heavy atom. The number of hydrogen-bond donors (Lipinski definition) is 8. The molecule has 0 aromatic rings. The summed E-state index contributed by atoms with van der Waals surface area (Å²) < 4.78 is 33.3. The van der Waals surface area contributed by atoms with Gasteiger partial charge in [0.1, 0.15) is 43.2 Å². The van der Waals surface area contributed by atoms with Crippen LogP contribution >= 0.6 is 7.82 Å². The molecule has 10 atom stereocenters. The first-order valence-corrected chi connectivity index (χ1v) is 24.1. The normalized spacial score (nSPS) is 23.5. The van der Waals surface area contributed by atoms with Crippen LogP contribution in [0.4, 0.5) is 0 Å². The molecule has 1 fully saturated rings. The molecule has 360 valence electrons. The van der Waals surface area contributed by atoms with Gasteiger partial charge in [0, 0.05) is 12.8 Å². The van der Waals surface area contributed by atoms with Crippen LogP contribution in [-0.4, -0.2) is 121 Å². The lowest BCUT2D eigenvalue weighted by molar-refractivity contribution is -0.220. The number of unbranched alkanes of at least 4 members (excludes halogenated alkanes) is 7. The number of aliphatic hydroxyl groups is 7. The predicted octanol–water partition coefficient (Wildman–Crippen LogP) is 6.44. The van der Waals surface area contributed by atoms with Crippen LogP contribution < -0.4 is 0 Å². The molecule has 0 aromatic heterocycles. The maximum atomic E-state index is 12.8. The highest BCUT2D eigenvalue weighted by Gasteiger charge is 2.51. The van der Waals surface area contributed by atoms with E-state index in [0.29, 0.717) is 12.8 Å². The van der Waals surface area contributed by atoms with E-state index in [-0.39, 0.29) is 25.7 Å². The molecule has 0 bridgehead atoms. The van der Waals surface area contributed by atoms with E-state index in [9.17, 15) is 54.8 Å². The van der Waals surface area contributed by atoms with Crippen LogP contribution in [0.25, 0.3) is 0 Å². The summed E-state index contributed by atoms with van der Waals surface area (Å²) in [6.07, 6.45) is 25.5. The predicted molar refractivity (Wildman–Crippen MR) is 242 cm³/mol. The van der Waals surface area contributed by atoms with Gasteiger partial charge in [-0.1, -0.05) is 137 Å². The maximum absolute atomic E-state index is 12.8. The molecule has 1 rings (SSSR count). The Morgan fingerprint density at radius 2 is 1.11 bits per heavy atom. The third kappa shape index (κ3) is 29.2. The van der Waals surface area contributed by atoms with Gasteiger partial charge < -0.3 is 50.1 Å². The lowest BCUT2D eigenvalue weighted by atomic mass is 9.85. The van der Waals surface area contributed by atoms with Crippen LogP contribution in [0.2, 0.25) is 0 Å². The van der Waals surface area contributed by atoms with Crippen LogP contribution in [0.1, 0.15) is 129 Å². The van der Waals surface area contributed by atoms with Gasteiger partial charge in [0.15, 0.2) is 6.10 Å². The van der Waals surface area contributed by atoms with Crippen molar-refractivity contribution in [3.63, 3.8) is 0 Å². The highest BCUT2D eigenvalue weighted by atomic mass is 31.2. The molecule has 15 nitrogen and oxygen atoms in total. The number of ether oxygens (including phenoxy) is 2. The van der Waals surface area contributed by atoms with E-state index in [1.165, 1.54) is 0 Å². The van der Waals surface area contributed by atoms with Gasteiger partial charge in [-0.25, -0.2) is 4.57 Å². The van der Waals surface area contributed by atoms with E-state index in [2.05, 4.69) is 50.3 Å². The fourth-order valence-corrected chi connectivity index (χ4v) is 7.19. The fourth-order valence-electron chi connectivity index (χ4n) is 6.22. The minimum Gasteiger partial charge on any atom is -0.462 e. The Kier molecular flexibility index (Phi) is 33.3. The minimum atomic E-state index is -5.19. The molecule has 0 amide bonds. The van der Waals surface area contributed by atoms with Crippen molar-refractivity contribution in [1.82, 2.24) is 0 Å². The molecule has 1 aliphatic carbocycles. The number of esters is 2. The number of rotatable bonds is 35. The van der Waals surface area contributed by atoms with Crippen molar-refractivity contribution < 1.29 is 73.3 Å². The van der Waals surface area contributed by atoms with E-state index < -0.39 is 87.9 Å². The Bertz CT molecular complexity index is 1460. The van der Waals surface area contributed by atoms with Crippen molar-refractivity contribution in [3.8, 4) is 0 Å². The van der Waals surface area contributed by atoms with Gasteiger partial charge in [0.25, 0.3) is 0 Å². The van der Waals surface area contributed by atoms with Crippen molar-refractivity contribution in [2.24, 2.45) is 0 Å². The van der Waals surface area contributed by atoms with Crippen molar-refractivity contribution in [2.75, 3.05) is 13.2 Å². The Balaban J connectivity index is 2.61. The monoisotopic (exact) mass is 913 g/mol. The van der Waals surface area contributed by atoms with Gasteiger partial charge in [0.05, 0.1) is 18.8 Å². The molecule has 0 heterocycles. The summed E-state index contributed by atoms with van der Waals surface area (Å²) in [7, 11) is -5.19. The van der Waals surface area contributed by atoms with E-state index in [0.717, 1.165) is 77.0 Å². The number of phosphoric ester groups is 1. The van der Waals surface area contributed by atoms with E-state index in [4.69, 9.17) is 18.5 Å². The summed E-state index contributed by atoms with van der Waals surface area (Å²) in [6, 6.07) is 0. The number of aliphatic hydroxyl groups excluding tert-OH is 7. The molecular weight excluding hydrogens is 835 g/mol. The molecule has 0 aliphatic heterocycles. The van der Waals surface area contributed by atoms with Crippen LogP contribution in [0.3, 0.4) is 0 Å². The smallest absolute Gasteiger partial charge is 0.462 e. The second-order valence-electron chi connectivity index (χ2n) is 15.6. The van der Waals surface area contributed by atoms with Crippen molar-refractivity contribution >= 4 is 19.8 Å². The number of phosphoric acid groups is 1. The summed E-state index contributed by atoms with van der Waals surface area (Å²) >= 11 is 0. The van der Waals surface area contributed by atoms with Crippen molar-refractivity contribution in [1.29, 1.82) is 0 Å². The summed E-state index contributed by atoms with van der Waals surface area (Å²) in [5.74, 6) is -1.36. The van der Waals surface area contributed by atoms with Gasteiger partial charge in [0.2, 0.25) is 0 Å². The lowest BCUT2D eigenvalue weighted by Crippen LogP contribution is -2.64. The first kappa shape index (κ1) is 58.0. The molecule has 0 aromatic carbocycles. The fraction of sp³-hybridized carbons (Fsp3) is 0.660. The molecule has 8 N–H and O–H groups in total. The largest absolute Gasteiger partial charge is 0.472 e. The highest BCUT2D eigenvalue weighted by Crippen LogP contribution is 2.47. The number of carbonyl (C=O) groups is 2. The van der Waals surface area contributed by atoms with Gasteiger partial charge >= 0.3 is 19.8 Å². The molecular formula is C47H77O15P.